The number of hydrogen-bond donors (Lipinski definition) is 2. The van der Waals surface area contributed by atoms with Crippen molar-refractivity contribution < 1.29 is 13.2 Å². The zero-order valence-corrected chi connectivity index (χ0v) is 18.9. The minimum absolute atomic E-state index is 0.0504. The second-order valence-electron chi connectivity index (χ2n) is 8.08. The number of aromatic nitrogens is 2. The number of carbonyl (C=O) groups excluding carboxylic acids is 1. The molecule has 2 aromatic heterocycles. The third-order valence-corrected chi connectivity index (χ3v) is 6.34. The fraction of sp³-hybridized carbons (Fsp3) is 0.364. The number of pyridine rings is 1. The molecule has 2 N–H and O–H groups in total. The van der Waals surface area contributed by atoms with Crippen LogP contribution in [0.25, 0.3) is 10.9 Å². The summed E-state index contributed by atoms with van der Waals surface area (Å²) in [7, 11) is -3.52. The Labute approximate surface area is 176 Å². The van der Waals surface area contributed by atoms with Gasteiger partial charge in [0.15, 0.2) is 9.84 Å². The second-order valence-corrected chi connectivity index (χ2v) is 10.1. The van der Waals surface area contributed by atoms with Crippen LogP contribution in [0, 0.1) is 20.8 Å². The number of sulfone groups is 1. The van der Waals surface area contributed by atoms with Crippen molar-refractivity contribution in [2.75, 3.05) is 6.26 Å². The number of H-pyrrole nitrogens is 1. The number of fused-ring (bicyclic) bond motifs is 1. The van der Waals surface area contributed by atoms with Crippen LogP contribution in [0.3, 0.4) is 0 Å². The van der Waals surface area contributed by atoms with Crippen molar-refractivity contribution in [3.8, 4) is 0 Å². The summed E-state index contributed by atoms with van der Waals surface area (Å²) in [6.07, 6.45) is 3.05. The van der Waals surface area contributed by atoms with Gasteiger partial charge in [-0.05, 0) is 63.9 Å². The van der Waals surface area contributed by atoms with Crippen molar-refractivity contribution in [2.24, 2.45) is 0 Å². The molecule has 1 amide bonds. The molecule has 0 bridgehead atoms. The summed E-state index contributed by atoms with van der Waals surface area (Å²) in [5.41, 5.74) is 3.62. The van der Waals surface area contributed by atoms with Crippen LogP contribution in [-0.4, -0.2) is 30.1 Å². The summed E-state index contributed by atoms with van der Waals surface area (Å²) in [6.45, 7) is 9.56. The number of nitrogens with zero attached hydrogens (tertiary/aromatic N) is 1. The second kappa shape index (κ2) is 7.75. The van der Waals surface area contributed by atoms with Gasteiger partial charge in [-0.15, -0.1) is 0 Å². The maximum Gasteiger partial charge on any atom is 0.253 e. The highest BCUT2D eigenvalue weighted by atomic mass is 32.2. The van der Waals surface area contributed by atoms with Crippen molar-refractivity contribution in [1.29, 1.82) is 0 Å². The molecule has 3 rings (SSSR count). The molecule has 0 spiro atoms. The Morgan fingerprint density at radius 1 is 1.13 bits per heavy atom. The van der Waals surface area contributed by atoms with Gasteiger partial charge in [0.05, 0.1) is 16.0 Å². The molecule has 3 aromatic rings. The van der Waals surface area contributed by atoms with Gasteiger partial charge >= 0.3 is 0 Å². The van der Waals surface area contributed by atoms with E-state index in [1.165, 1.54) is 6.07 Å². The molecule has 0 atom stereocenters. The first-order valence-electron chi connectivity index (χ1n) is 9.73. The van der Waals surface area contributed by atoms with Gasteiger partial charge in [0.25, 0.3) is 11.5 Å². The lowest BCUT2D eigenvalue weighted by Crippen LogP contribution is -2.28. The quantitative estimate of drug-likeness (QED) is 0.650. The topological polar surface area (TPSA) is 101 Å². The zero-order valence-electron chi connectivity index (χ0n) is 18.1. The SMILES string of the molecule is Cc1cc(C)c(CNC(=O)c2cc(S(C)(=O)=O)cc3c2c(C)cn3C(C)C)c(=O)[nH]1. The summed E-state index contributed by atoms with van der Waals surface area (Å²) in [4.78, 5) is 28.2. The number of carbonyl (C=O) groups is 1. The molecule has 7 nitrogen and oxygen atoms in total. The Bertz CT molecular complexity index is 1310. The average Bonchev–Trinajstić information content (AvgIpc) is 2.96. The number of rotatable bonds is 5. The molecule has 0 aliphatic carbocycles. The van der Waals surface area contributed by atoms with E-state index in [0.29, 0.717) is 16.5 Å². The number of amides is 1. The minimum atomic E-state index is -3.52. The van der Waals surface area contributed by atoms with Crippen LogP contribution in [0.15, 0.2) is 34.1 Å². The molecule has 0 saturated carbocycles. The summed E-state index contributed by atoms with van der Waals surface area (Å²) in [5, 5.41) is 3.50. The molecule has 0 radical (unpaired) electrons. The maximum absolute atomic E-state index is 13.1. The molecule has 0 unspecified atom stereocenters. The predicted molar refractivity (Wildman–Crippen MR) is 118 cm³/mol. The van der Waals surface area contributed by atoms with Crippen molar-refractivity contribution in [3.05, 3.63) is 62.7 Å². The molecule has 0 saturated heterocycles. The van der Waals surface area contributed by atoms with Gasteiger partial charge in [0.1, 0.15) is 0 Å². The van der Waals surface area contributed by atoms with E-state index in [0.717, 1.165) is 23.1 Å². The van der Waals surface area contributed by atoms with Gasteiger partial charge in [-0.25, -0.2) is 8.42 Å². The van der Waals surface area contributed by atoms with E-state index in [2.05, 4.69) is 10.3 Å². The van der Waals surface area contributed by atoms with Gasteiger partial charge in [-0.1, -0.05) is 0 Å². The predicted octanol–water partition coefficient (Wildman–Crippen LogP) is 3.17. The molecule has 0 aliphatic heterocycles. The van der Waals surface area contributed by atoms with E-state index >= 15 is 0 Å². The fourth-order valence-corrected chi connectivity index (χ4v) is 4.40. The molecule has 0 aliphatic rings. The smallest absolute Gasteiger partial charge is 0.253 e. The normalized spacial score (nSPS) is 12.0. The molecule has 160 valence electrons. The average molecular weight is 430 g/mol. The summed E-state index contributed by atoms with van der Waals surface area (Å²) >= 11 is 0. The van der Waals surface area contributed by atoms with Crippen LogP contribution >= 0.6 is 0 Å². The van der Waals surface area contributed by atoms with Crippen LogP contribution in [0.1, 0.15) is 52.6 Å². The van der Waals surface area contributed by atoms with Gasteiger partial charge in [0, 0.05) is 41.7 Å². The Morgan fingerprint density at radius 3 is 2.37 bits per heavy atom. The number of benzene rings is 1. The maximum atomic E-state index is 13.1. The van der Waals surface area contributed by atoms with Crippen molar-refractivity contribution in [3.63, 3.8) is 0 Å². The molecule has 30 heavy (non-hydrogen) atoms. The van der Waals surface area contributed by atoms with Crippen LogP contribution < -0.4 is 10.9 Å². The van der Waals surface area contributed by atoms with E-state index in [-0.39, 0.29) is 28.6 Å². The summed E-state index contributed by atoms with van der Waals surface area (Å²) in [5.74, 6) is -0.422. The van der Waals surface area contributed by atoms with Gasteiger partial charge in [-0.2, -0.15) is 0 Å². The van der Waals surface area contributed by atoms with Crippen LogP contribution in [0.5, 0.6) is 0 Å². The van der Waals surface area contributed by atoms with E-state index in [4.69, 9.17) is 0 Å². The molecular formula is C22H27N3O4S. The van der Waals surface area contributed by atoms with Crippen molar-refractivity contribution in [2.45, 2.75) is 52.1 Å². The summed E-state index contributed by atoms with van der Waals surface area (Å²) in [6, 6.07) is 4.97. The van der Waals surface area contributed by atoms with Crippen LogP contribution in [-0.2, 0) is 16.4 Å². The summed E-state index contributed by atoms with van der Waals surface area (Å²) < 4.78 is 26.5. The lowest BCUT2D eigenvalue weighted by Gasteiger charge is -2.13. The highest BCUT2D eigenvalue weighted by molar-refractivity contribution is 7.90. The number of hydrogen-bond acceptors (Lipinski definition) is 4. The zero-order chi connectivity index (χ0) is 22.4. The number of aryl methyl sites for hydroxylation is 3. The highest BCUT2D eigenvalue weighted by Gasteiger charge is 2.21. The molecular weight excluding hydrogens is 402 g/mol. The van der Waals surface area contributed by atoms with E-state index < -0.39 is 15.7 Å². The van der Waals surface area contributed by atoms with Crippen molar-refractivity contribution >= 4 is 26.6 Å². The monoisotopic (exact) mass is 429 g/mol. The highest BCUT2D eigenvalue weighted by Crippen LogP contribution is 2.30. The first kappa shape index (κ1) is 21.8. The largest absolute Gasteiger partial charge is 0.348 e. The van der Waals surface area contributed by atoms with Crippen LogP contribution in [0.2, 0.25) is 0 Å². The number of nitrogens with one attached hydrogen (secondary N) is 2. The van der Waals surface area contributed by atoms with Gasteiger partial charge in [0.2, 0.25) is 0 Å². The Hall–Kier alpha value is -2.87. The number of aromatic amines is 1. The third-order valence-electron chi connectivity index (χ3n) is 5.24. The van der Waals surface area contributed by atoms with Gasteiger partial charge < -0.3 is 14.9 Å². The Balaban J connectivity index is 2.10. The lowest BCUT2D eigenvalue weighted by atomic mass is 10.1. The molecule has 8 heteroatoms. The molecule has 1 aromatic carbocycles. The van der Waals surface area contributed by atoms with E-state index in [9.17, 15) is 18.0 Å². The minimum Gasteiger partial charge on any atom is -0.348 e. The third kappa shape index (κ3) is 4.05. The van der Waals surface area contributed by atoms with E-state index in [1.54, 1.807) is 13.0 Å². The Kier molecular flexibility index (Phi) is 5.64. The standard InChI is InChI=1S/C22H27N3O4S/c1-12(2)25-11-14(4)20-17(8-16(9-19(20)25)30(6,28)29)21(26)23-10-18-13(3)7-15(5)24-22(18)27/h7-9,11-12H,10H2,1-6H3,(H,23,26)(H,24,27). The van der Waals surface area contributed by atoms with Crippen molar-refractivity contribution in [1.82, 2.24) is 14.9 Å². The van der Waals surface area contributed by atoms with Crippen LogP contribution in [0.4, 0.5) is 0 Å². The molecule has 0 fully saturated rings. The molecule has 2 heterocycles. The first-order chi connectivity index (χ1) is 13.9. The fourth-order valence-electron chi connectivity index (χ4n) is 3.75. The van der Waals surface area contributed by atoms with Gasteiger partial charge in [-0.3, -0.25) is 9.59 Å². The Morgan fingerprint density at radius 2 is 1.80 bits per heavy atom. The van der Waals surface area contributed by atoms with E-state index in [1.807, 2.05) is 44.5 Å². The first-order valence-corrected chi connectivity index (χ1v) is 11.6. The lowest BCUT2D eigenvalue weighted by molar-refractivity contribution is 0.0952.